The molecule has 1 aliphatic heterocycles. The Balaban J connectivity index is 0.000000406. The molecule has 1 aliphatic rings. The van der Waals surface area contributed by atoms with E-state index in [0.29, 0.717) is 27.7 Å². The number of hydrogen-bond donors (Lipinski definition) is 2. The number of carbonyl (C=O) groups is 3. The van der Waals surface area contributed by atoms with Gasteiger partial charge in [-0.1, -0.05) is 72.0 Å². The van der Waals surface area contributed by atoms with Crippen LogP contribution in [0.5, 0.6) is 0 Å². The zero-order valence-corrected chi connectivity index (χ0v) is 20.4. The zero-order valence-electron chi connectivity index (χ0n) is 19.5. The van der Waals surface area contributed by atoms with Crippen molar-refractivity contribution >= 4 is 34.6 Å². The topological polar surface area (TPSA) is 97.4 Å². The Morgan fingerprint density at radius 1 is 1.09 bits per heavy atom. The minimum Gasteiger partial charge on any atom is -0.462 e. The summed E-state index contributed by atoms with van der Waals surface area (Å²) in [5.74, 6) is -0.189. The first kappa shape index (κ1) is 25.3. The summed E-state index contributed by atoms with van der Waals surface area (Å²) in [7, 11) is 0. The van der Waals surface area contributed by atoms with Crippen molar-refractivity contribution in [2.45, 2.75) is 45.3 Å². The van der Waals surface area contributed by atoms with Gasteiger partial charge in [-0.05, 0) is 40.2 Å². The smallest absolute Gasteiger partial charge is 0.293 e. The lowest BCUT2D eigenvalue weighted by atomic mass is 10.1. The number of anilines is 1. The Bertz CT molecular complexity index is 1100. The predicted molar refractivity (Wildman–Crippen MR) is 134 cm³/mol. The molecule has 2 heterocycles. The van der Waals surface area contributed by atoms with Crippen LogP contribution in [0.2, 0.25) is 0 Å². The first-order chi connectivity index (χ1) is 16.3. The van der Waals surface area contributed by atoms with E-state index in [0.717, 1.165) is 24.9 Å². The highest BCUT2D eigenvalue weighted by Gasteiger charge is 2.25. The molecule has 1 amide bonds. The van der Waals surface area contributed by atoms with Crippen LogP contribution in [0.3, 0.4) is 0 Å². The van der Waals surface area contributed by atoms with E-state index in [1.807, 2.05) is 69.3 Å². The number of ether oxygens (including phenoxy) is 1. The Hall–Kier alpha value is -3.36. The van der Waals surface area contributed by atoms with Crippen molar-refractivity contribution in [3.8, 4) is 11.3 Å². The molecule has 7 nitrogen and oxygen atoms in total. The number of thiazole rings is 1. The van der Waals surface area contributed by atoms with Crippen LogP contribution in [0.4, 0.5) is 5.13 Å². The van der Waals surface area contributed by atoms with Gasteiger partial charge in [-0.2, -0.15) is 0 Å². The minimum atomic E-state index is -0.318. The molecule has 1 atom stereocenters. The zero-order chi connectivity index (χ0) is 24.6. The summed E-state index contributed by atoms with van der Waals surface area (Å²) < 4.78 is 4.55. The van der Waals surface area contributed by atoms with E-state index in [2.05, 4.69) is 20.4 Å². The maximum absolute atomic E-state index is 13.0. The molecule has 8 heteroatoms. The number of nitrogens with one attached hydrogen (secondary N) is 2. The predicted octanol–water partition coefficient (Wildman–Crippen LogP) is 4.69. The maximum atomic E-state index is 13.0. The lowest BCUT2D eigenvalue weighted by Gasteiger charge is -2.14. The standard InChI is InChI=1S/C21H19N3O2S.C5H10O2/c25-18(15-10-5-2-6-11-15)19-17(14-8-3-1-4-9-14)23-21(27-19)24-20(26)16-12-7-13-22-16;1-5(2,3)7-4-6/h1-6,8-11,16,22H,7,12-13H2,(H,23,24,26);4H,1-3H3. The number of ketones is 1. The third-order valence-corrected chi connectivity index (χ3v) is 5.89. The largest absolute Gasteiger partial charge is 0.462 e. The summed E-state index contributed by atoms with van der Waals surface area (Å²) in [6.45, 7) is 6.77. The van der Waals surface area contributed by atoms with Gasteiger partial charge < -0.3 is 15.4 Å². The number of amides is 1. The molecular formula is C26H29N3O4S. The van der Waals surface area contributed by atoms with E-state index < -0.39 is 0 Å². The van der Waals surface area contributed by atoms with Crippen molar-refractivity contribution in [3.05, 3.63) is 71.1 Å². The van der Waals surface area contributed by atoms with Crippen molar-refractivity contribution in [1.29, 1.82) is 0 Å². The van der Waals surface area contributed by atoms with Gasteiger partial charge in [0.2, 0.25) is 11.7 Å². The Morgan fingerprint density at radius 3 is 2.26 bits per heavy atom. The molecule has 0 aliphatic carbocycles. The summed E-state index contributed by atoms with van der Waals surface area (Å²) >= 11 is 1.22. The second-order valence-corrected chi connectivity index (χ2v) is 9.72. The van der Waals surface area contributed by atoms with Crippen LogP contribution in [0.1, 0.15) is 48.8 Å². The van der Waals surface area contributed by atoms with Gasteiger partial charge in [0.05, 0.1) is 11.7 Å². The normalized spacial score (nSPS) is 15.1. The van der Waals surface area contributed by atoms with E-state index in [-0.39, 0.29) is 23.3 Å². The van der Waals surface area contributed by atoms with E-state index in [4.69, 9.17) is 0 Å². The molecule has 2 N–H and O–H groups in total. The van der Waals surface area contributed by atoms with Gasteiger partial charge in [-0.3, -0.25) is 14.4 Å². The summed E-state index contributed by atoms with van der Waals surface area (Å²) in [6.07, 6.45) is 1.81. The molecule has 178 valence electrons. The van der Waals surface area contributed by atoms with Crippen molar-refractivity contribution < 1.29 is 19.1 Å². The highest BCUT2D eigenvalue weighted by atomic mass is 32.1. The van der Waals surface area contributed by atoms with E-state index in [1.54, 1.807) is 12.1 Å². The quantitative estimate of drug-likeness (QED) is 0.393. The van der Waals surface area contributed by atoms with Crippen LogP contribution in [-0.4, -0.2) is 41.3 Å². The molecule has 1 aromatic heterocycles. The van der Waals surface area contributed by atoms with E-state index >= 15 is 0 Å². The van der Waals surface area contributed by atoms with Gasteiger partial charge in [0, 0.05) is 11.1 Å². The van der Waals surface area contributed by atoms with Gasteiger partial charge >= 0.3 is 0 Å². The molecule has 4 rings (SSSR count). The van der Waals surface area contributed by atoms with Gasteiger partial charge in [0.15, 0.2) is 5.13 Å². The van der Waals surface area contributed by atoms with Crippen LogP contribution < -0.4 is 10.6 Å². The Kier molecular flexibility index (Phi) is 8.67. The fourth-order valence-corrected chi connectivity index (χ4v) is 4.24. The van der Waals surface area contributed by atoms with E-state index in [9.17, 15) is 14.4 Å². The molecule has 2 aromatic carbocycles. The average Bonchev–Trinajstić information content (AvgIpc) is 3.50. The number of benzene rings is 2. The molecule has 1 unspecified atom stereocenters. The molecule has 0 bridgehead atoms. The minimum absolute atomic E-state index is 0.0913. The van der Waals surface area contributed by atoms with Crippen molar-refractivity contribution in [3.63, 3.8) is 0 Å². The molecule has 34 heavy (non-hydrogen) atoms. The average molecular weight is 480 g/mol. The molecule has 1 fully saturated rings. The maximum Gasteiger partial charge on any atom is 0.293 e. The van der Waals surface area contributed by atoms with Crippen LogP contribution in [0.15, 0.2) is 60.7 Å². The van der Waals surface area contributed by atoms with Crippen molar-refractivity contribution in [2.24, 2.45) is 0 Å². The fourth-order valence-electron chi connectivity index (χ4n) is 3.28. The van der Waals surface area contributed by atoms with Gasteiger partial charge in [0.1, 0.15) is 10.5 Å². The first-order valence-corrected chi connectivity index (χ1v) is 11.9. The number of hydrogen-bond acceptors (Lipinski definition) is 7. The van der Waals surface area contributed by atoms with Gasteiger partial charge in [-0.25, -0.2) is 4.98 Å². The van der Waals surface area contributed by atoms with Gasteiger partial charge in [0.25, 0.3) is 6.47 Å². The SMILES string of the molecule is CC(C)(C)OC=O.O=C(c1ccccc1)c1sc(NC(=O)C2CCCN2)nc1-c1ccccc1. The molecular weight excluding hydrogens is 450 g/mol. The van der Waals surface area contributed by atoms with Crippen LogP contribution in [0.25, 0.3) is 11.3 Å². The fraction of sp³-hybridized carbons (Fsp3) is 0.308. The molecule has 0 radical (unpaired) electrons. The first-order valence-electron chi connectivity index (χ1n) is 11.1. The third-order valence-electron chi connectivity index (χ3n) is 4.93. The molecule has 0 saturated carbocycles. The second-order valence-electron chi connectivity index (χ2n) is 8.72. The lowest BCUT2D eigenvalue weighted by molar-refractivity contribution is -0.138. The number of nitrogens with zero attached hydrogens (tertiary/aromatic N) is 1. The Labute approximate surface area is 203 Å². The second kappa shape index (κ2) is 11.7. The number of carbonyl (C=O) groups excluding carboxylic acids is 3. The number of rotatable bonds is 6. The lowest BCUT2D eigenvalue weighted by Crippen LogP contribution is -2.35. The van der Waals surface area contributed by atoms with Crippen molar-refractivity contribution in [2.75, 3.05) is 11.9 Å². The van der Waals surface area contributed by atoms with Crippen molar-refractivity contribution in [1.82, 2.24) is 10.3 Å². The monoisotopic (exact) mass is 479 g/mol. The summed E-state index contributed by atoms with van der Waals surface area (Å²) in [5, 5.41) is 6.50. The molecule has 0 spiro atoms. The number of aromatic nitrogens is 1. The molecule has 3 aromatic rings. The summed E-state index contributed by atoms with van der Waals surface area (Å²) in [4.78, 5) is 40.2. The van der Waals surface area contributed by atoms with Gasteiger partial charge in [-0.15, -0.1) is 0 Å². The summed E-state index contributed by atoms with van der Waals surface area (Å²) in [6, 6.07) is 18.5. The Morgan fingerprint density at radius 2 is 1.74 bits per heavy atom. The van der Waals surface area contributed by atoms with E-state index in [1.165, 1.54) is 11.3 Å². The highest BCUT2D eigenvalue weighted by Crippen LogP contribution is 2.33. The van der Waals surface area contributed by atoms with Crippen LogP contribution in [0, 0.1) is 0 Å². The molecule has 1 saturated heterocycles. The highest BCUT2D eigenvalue weighted by molar-refractivity contribution is 7.18. The van der Waals surface area contributed by atoms with Crippen LogP contribution in [-0.2, 0) is 14.3 Å². The van der Waals surface area contributed by atoms with Crippen LogP contribution >= 0.6 is 11.3 Å². The summed E-state index contributed by atoms with van der Waals surface area (Å²) in [5.41, 5.74) is 1.74. The third kappa shape index (κ3) is 7.07.